The quantitative estimate of drug-likeness (QED) is 0.824. The molecule has 0 spiro atoms. The third kappa shape index (κ3) is 3.54. The van der Waals surface area contributed by atoms with E-state index >= 15 is 0 Å². The fourth-order valence-corrected chi connectivity index (χ4v) is 4.28. The van der Waals surface area contributed by atoms with Gasteiger partial charge in [-0.3, -0.25) is 4.79 Å². The molecule has 2 fully saturated rings. The lowest BCUT2D eigenvalue weighted by Crippen LogP contribution is -2.51. The van der Waals surface area contributed by atoms with E-state index in [1.54, 1.807) is 0 Å². The number of benzene rings is 1. The van der Waals surface area contributed by atoms with E-state index in [0.717, 1.165) is 38.8 Å². The fraction of sp³-hybridized carbons (Fsp3) is 0.650. The van der Waals surface area contributed by atoms with E-state index in [4.69, 9.17) is 0 Å². The maximum absolute atomic E-state index is 13.0. The molecule has 3 rings (SSSR count). The number of carbonyl (C=O) groups excluding carboxylic acids is 1. The van der Waals surface area contributed by atoms with E-state index in [-0.39, 0.29) is 5.92 Å². The summed E-state index contributed by atoms with van der Waals surface area (Å²) < 4.78 is 0. The zero-order valence-electron chi connectivity index (χ0n) is 14.8. The number of aryl methyl sites for hydroxylation is 1. The number of hydrogen-bond acceptors (Lipinski definition) is 2. The van der Waals surface area contributed by atoms with E-state index in [1.807, 2.05) is 0 Å². The molecule has 0 aliphatic carbocycles. The molecule has 3 heteroatoms. The lowest BCUT2D eigenvalue weighted by molar-refractivity contribution is -0.142. The second kappa shape index (κ2) is 6.94. The fourth-order valence-electron chi connectivity index (χ4n) is 4.28. The van der Waals surface area contributed by atoms with Crippen molar-refractivity contribution >= 4 is 11.6 Å². The van der Waals surface area contributed by atoms with E-state index in [9.17, 15) is 4.79 Å². The highest BCUT2D eigenvalue weighted by molar-refractivity contribution is 5.80. The molecule has 2 atom stereocenters. The van der Waals surface area contributed by atoms with Crippen LogP contribution in [0.25, 0.3) is 0 Å². The Bertz CT molecular complexity index is 538. The van der Waals surface area contributed by atoms with E-state index < -0.39 is 0 Å². The van der Waals surface area contributed by atoms with Gasteiger partial charge in [-0.15, -0.1) is 0 Å². The Morgan fingerprint density at radius 2 is 1.70 bits per heavy atom. The van der Waals surface area contributed by atoms with Crippen molar-refractivity contribution < 1.29 is 4.79 Å². The molecule has 2 unspecified atom stereocenters. The molecular weight excluding hydrogens is 284 g/mol. The normalized spacial score (nSPS) is 26.4. The molecule has 23 heavy (non-hydrogen) atoms. The van der Waals surface area contributed by atoms with Crippen molar-refractivity contribution in [1.29, 1.82) is 0 Å². The van der Waals surface area contributed by atoms with E-state index in [2.05, 4.69) is 54.8 Å². The van der Waals surface area contributed by atoms with Crippen molar-refractivity contribution in [1.82, 2.24) is 4.90 Å². The third-order valence-corrected chi connectivity index (χ3v) is 5.66. The first kappa shape index (κ1) is 16.4. The van der Waals surface area contributed by atoms with Gasteiger partial charge in [0.2, 0.25) is 5.91 Å². The van der Waals surface area contributed by atoms with Crippen molar-refractivity contribution in [3.63, 3.8) is 0 Å². The molecule has 3 nitrogen and oxygen atoms in total. The van der Waals surface area contributed by atoms with Crippen LogP contribution in [0.2, 0.25) is 0 Å². The number of nitrogens with zero attached hydrogens (tertiary/aromatic N) is 2. The predicted molar refractivity (Wildman–Crippen MR) is 95.7 cm³/mol. The monoisotopic (exact) mass is 314 g/mol. The Morgan fingerprint density at radius 1 is 1.04 bits per heavy atom. The lowest BCUT2D eigenvalue weighted by Gasteiger charge is -2.42. The van der Waals surface area contributed by atoms with Gasteiger partial charge in [-0.05, 0) is 70.6 Å². The number of likely N-dealkylation sites (tertiary alicyclic amines) is 1. The van der Waals surface area contributed by atoms with Gasteiger partial charge in [-0.25, -0.2) is 0 Å². The van der Waals surface area contributed by atoms with E-state index in [1.165, 1.54) is 17.7 Å². The number of piperidine rings is 2. The molecule has 2 aliphatic heterocycles. The zero-order chi connectivity index (χ0) is 16.4. The van der Waals surface area contributed by atoms with Crippen LogP contribution in [0.5, 0.6) is 0 Å². The minimum Gasteiger partial charge on any atom is -0.371 e. The minimum absolute atomic E-state index is 0.221. The Balaban J connectivity index is 1.61. The predicted octanol–water partition coefficient (Wildman–Crippen LogP) is 4.00. The van der Waals surface area contributed by atoms with Gasteiger partial charge in [0, 0.05) is 36.8 Å². The van der Waals surface area contributed by atoms with Crippen molar-refractivity contribution in [3.8, 4) is 0 Å². The van der Waals surface area contributed by atoms with Gasteiger partial charge in [-0.1, -0.05) is 12.1 Å². The Kier molecular flexibility index (Phi) is 4.93. The number of anilines is 1. The summed E-state index contributed by atoms with van der Waals surface area (Å²) in [4.78, 5) is 17.6. The standard InChI is InChI=1S/C20H30N2O/c1-15-6-4-9-19(14-15)21-12-10-18(11-13-21)20(23)22-16(2)7-5-8-17(22)3/h4,6,9,14,16-18H,5,7-8,10-13H2,1-3H3. The zero-order valence-corrected chi connectivity index (χ0v) is 14.8. The van der Waals surface area contributed by atoms with Crippen molar-refractivity contribution in [2.45, 2.75) is 65.0 Å². The van der Waals surface area contributed by atoms with Gasteiger partial charge in [0.25, 0.3) is 0 Å². The van der Waals surface area contributed by atoms with Gasteiger partial charge in [-0.2, -0.15) is 0 Å². The molecule has 2 aliphatic rings. The minimum atomic E-state index is 0.221. The lowest BCUT2D eigenvalue weighted by atomic mass is 9.90. The molecule has 0 saturated carbocycles. The highest BCUT2D eigenvalue weighted by Gasteiger charge is 2.34. The van der Waals surface area contributed by atoms with Crippen molar-refractivity contribution in [3.05, 3.63) is 29.8 Å². The number of hydrogen-bond donors (Lipinski definition) is 0. The smallest absolute Gasteiger partial charge is 0.226 e. The highest BCUT2D eigenvalue weighted by atomic mass is 16.2. The van der Waals surface area contributed by atoms with Crippen LogP contribution in [0.1, 0.15) is 51.5 Å². The SMILES string of the molecule is Cc1cccc(N2CCC(C(=O)N3C(C)CCCC3C)CC2)c1. The van der Waals surface area contributed by atoms with Gasteiger partial charge in [0.15, 0.2) is 0 Å². The van der Waals surface area contributed by atoms with Gasteiger partial charge >= 0.3 is 0 Å². The molecule has 2 saturated heterocycles. The van der Waals surface area contributed by atoms with Crippen LogP contribution in [-0.2, 0) is 4.79 Å². The summed E-state index contributed by atoms with van der Waals surface area (Å²) in [5.74, 6) is 0.632. The molecule has 0 N–H and O–H groups in total. The first-order valence-corrected chi connectivity index (χ1v) is 9.20. The average Bonchev–Trinajstić information content (AvgIpc) is 2.55. The Morgan fingerprint density at radius 3 is 2.30 bits per heavy atom. The molecular formula is C20H30N2O. The Hall–Kier alpha value is -1.51. The third-order valence-electron chi connectivity index (χ3n) is 5.66. The molecule has 2 heterocycles. The van der Waals surface area contributed by atoms with Gasteiger partial charge in [0.1, 0.15) is 0 Å². The van der Waals surface area contributed by atoms with Crippen LogP contribution in [0.4, 0.5) is 5.69 Å². The van der Waals surface area contributed by atoms with Crippen LogP contribution < -0.4 is 4.90 Å². The largest absolute Gasteiger partial charge is 0.371 e. The summed E-state index contributed by atoms with van der Waals surface area (Å²) >= 11 is 0. The van der Waals surface area contributed by atoms with Crippen LogP contribution in [-0.4, -0.2) is 36.0 Å². The average molecular weight is 314 g/mol. The summed E-state index contributed by atoms with van der Waals surface area (Å²) in [5.41, 5.74) is 2.60. The second-order valence-electron chi connectivity index (χ2n) is 7.47. The maximum atomic E-state index is 13.0. The van der Waals surface area contributed by atoms with Gasteiger partial charge in [0.05, 0.1) is 0 Å². The van der Waals surface area contributed by atoms with Crippen LogP contribution in [0.15, 0.2) is 24.3 Å². The first-order chi connectivity index (χ1) is 11.1. The molecule has 0 aromatic heterocycles. The summed E-state index contributed by atoms with van der Waals surface area (Å²) in [6, 6.07) is 9.53. The van der Waals surface area contributed by atoms with Gasteiger partial charge < -0.3 is 9.80 Å². The topological polar surface area (TPSA) is 23.6 Å². The molecule has 0 radical (unpaired) electrons. The summed E-state index contributed by atoms with van der Waals surface area (Å²) in [7, 11) is 0. The highest BCUT2D eigenvalue weighted by Crippen LogP contribution is 2.29. The second-order valence-corrected chi connectivity index (χ2v) is 7.47. The summed E-state index contributed by atoms with van der Waals surface area (Å²) in [6.45, 7) is 8.57. The molecule has 1 amide bonds. The summed E-state index contributed by atoms with van der Waals surface area (Å²) in [6.07, 6.45) is 5.57. The molecule has 0 bridgehead atoms. The maximum Gasteiger partial charge on any atom is 0.226 e. The Labute approximate surface area is 140 Å². The molecule has 1 aromatic carbocycles. The number of rotatable bonds is 2. The van der Waals surface area contributed by atoms with Crippen molar-refractivity contribution in [2.75, 3.05) is 18.0 Å². The molecule has 126 valence electrons. The first-order valence-electron chi connectivity index (χ1n) is 9.20. The van der Waals surface area contributed by atoms with Crippen LogP contribution in [0.3, 0.4) is 0 Å². The summed E-state index contributed by atoms with van der Waals surface area (Å²) in [5, 5.41) is 0. The number of carbonyl (C=O) groups is 1. The van der Waals surface area contributed by atoms with Crippen LogP contribution in [0, 0.1) is 12.8 Å². The molecule has 1 aromatic rings. The van der Waals surface area contributed by atoms with Crippen LogP contribution >= 0.6 is 0 Å². The van der Waals surface area contributed by atoms with Crippen molar-refractivity contribution in [2.24, 2.45) is 5.92 Å². The van der Waals surface area contributed by atoms with E-state index in [0.29, 0.717) is 18.0 Å². The number of amides is 1.